The molecule has 0 spiro atoms. The number of aromatic hydroxyl groups is 1. The van der Waals surface area contributed by atoms with Crippen molar-refractivity contribution in [1.29, 1.82) is 0 Å². The fourth-order valence-corrected chi connectivity index (χ4v) is 2.81. The summed E-state index contributed by atoms with van der Waals surface area (Å²) in [5.41, 5.74) is -3.84. The lowest BCUT2D eigenvalue weighted by atomic mass is 9.82. The molecule has 0 unspecified atom stereocenters. The zero-order valence-corrected chi connectivity index (χ0v) is 14.5. The maximum atomic E-state index is 13.5. The van der Waals surface area contributed by atoms with Gasteiger partial charge in [-0.05, 0) is 31.5 Å². The van der Waals surface area contributed by atoms with Crippen LogP contribution in [0.3, 0.4) is 0 Å². The van der Waals surface area contributed by atoms with Crippen molar-refractivity contribution < 1.29 is 42.4 Å². The van der Waals surface area contributed by atoms with Crippen LogP contribution in [0.15, 0.2) is 18.2 Å². The van der Waals surface area contributed by atoms with Crippen molar-refractivity contribution in [3.63, 3.8) is 0 Å². The Balaban J connectivity index is 2.58. The predicted molar refractivity (Wildman–Crippen MR) is 84.8 cm³/mol. The number of aliphatic hydroxyl groups is 1. The van der Waals surface area contributed by atoms with E-state index in [0.29, 0.717) is 0 Å². The Labute approximate surface area is 152 Å². The van der Waals surface area contributed by atoms with Gasteiger partial charge in [0.25, 0.3) is 5.72 Å². The topological polar surface area (TPSA) is 117 Å². The average molecular weight is 392 g/mol. The van der Waals surface area contributed by atoms with Crippen LogP contribution in [0, 0.1) is 5.92 Å². The van der Waals surface area contributed by atoms with Crippen molar-refractivity contribution in [3.8, 4) is 11.5 Å². The zero-order chi connectivity index (χ0) is 20.4. The first kappa shape index (κ1) is 20.6. The van der Waals surface area contributed by atoms with Crippen molar-refractivity contribution in [2.24, 2.45) is 5.92 Å². The molecule has 27 heavy (non-hydrogen) atoms. The molecule has 0 saturated carbocycles. The van der Waals surface area contributed by atoms with E-state index in [4.69, 9.17) is 4.74 Å². The molecule has 1 fully saturated rings. The third-order valence-electron chi connectivity index (χ3n) is 3.99. The van der Waals surface area contributed by atoms with Gasteiger partial charge >= 0.3 is 18.2 Å². The Morgan fingerprint density at radius 2 is 1.96 bits per heavy atom. The van der Waals surface area contributed by atoms with E-state index in [9.17, 15) is 33.0 Å². The number of phenolic OH excluding ortho intramolecular Hbond substituents is 1. The lowest BCUT2D eigenvalue weighted by Crippen LogP contribution is -2.73. The number of hydrogen-bond donors (Lipinski definition) is 4. The summed E-state index contributed by atoms with van der Waals surface area (Å²) in [7, 11) is 0. The molecule has 3 atom stereocenters. The largest absolute Gasteiger partial charge is 0.504 e. The standard InChI is InChI=1S/C16H19F3N2O6/c1-3-26-10-7-8(5-6-9(10)22)12-11(13(23)27-4-2)15(25,16(17,18)19)21-14(24)20-12/h5-7,11-12,22,25H,3-4H2,1-2H3,(H2,20,21,24)/t11-,12-,15+/m1/s1. The molecule has 1 aromatic rings. The van der Waals surface area contributed by atoms with Crippen LogP contribution in [0.4, 0.5) is 18.0 Å². The zero-order valence-electron chi connectivity index (χ0n) is 14.5. The third-order valence-corrected chi connectivity index (χ3v) is 3.99. The van der Waals surface area contributed by atoms with Crippen LogP contribution >= 0.6 is 0 Å². The Kier molecular flexibility index (Phi) is 5.73. The lowest BCUT2D eigenvalue weighted by Gasteiger charge is -2.44. The highest BCUT2D eigenvalue weighted by Crippen LogP contribution is 2.44. The van der Waals surface area contributed by atoms with Crippen LogP contribution in [0.2, 0.25) is 0 Å². The van der Waals surface area contributed by atoms with Gasteiger partial charge in [0.05, 0.1) is 19.3 Å². The number of alkyl halides is 3. The van der Waals surface area contributed by atoms with Gasteiger partial charge in [0.15, 0.2) is 11.5 Å². The summed E-state index contributed by atoms with van der Waals surface area (Å²) in [5.74, 6) is -3.93. The molecule has 1 saturated heterocycles. The van der Waals surface area contributed by atoms with Crippen molar-refractivity contribution in [2.45, 2.75) is 31.8 Å². The molecule has 1 aromatic carbocycles. The molecule has 0 aliphatic carbocycles. The minimum atomic E-state index is -5.36. The highest BCUT2D eigenvalue weighted by molar-refractivity contribution is 5.83. The highest BCUT2D eigenvalue weighted by Gasteiger charge is 2.67. The third kappa shape index (κ3) is 3.87. The molecule has 8 nitrogen and oxygen atoms in total. The Hall–Kier alpha value is -2.69. The van der Waals surface area contributed by atoms with Gasteiger partial charge in [-0.2, -0.15) is 13.2 Å². The van der Waals surface area contributed by atoms with Crippen LogP contribution in [0.5, 0.6) is 11.5 Å². The first-order valence-electron chi connectivity index (χ1n) is 8.05. The number of urea groups is 1. The second kappa shape index (κ2) is 7.51. The molecule has 0 bridgehead atoms. The smallest absolute Gasteiger partial charge is 0.437 e. The number of phenols is 1. The van der Waals surface area contributed by atoms with Gasteiger partial charge in [0.1, 0.15) is 5.92 Å². The number of amides is 2. The maximum Gasteiger partial charge on any atom is 0.437 e. The Morgan fingerprint density at radius 3 is 2.52 bits per heavy atom. The van der Waals surface area contributed by atoms with Crippen molar-refractivity contribution in [1.82, 2.24) is 10.6 Å². The summed E-state index contributed by atoms with van der Waals surface area (Å²) < 4.78 is 50.5. The van der Waals surface area contributed by atoms with Crippen LogP contribution in [0.25, 0.3) is 0 Å². The van der Waals surface area contributed by atoms with E-state index >= 15 is 0 Å². The number of ether oxygens (including phenoxy) is 2. The second-order valence-corrected chi connectivity index (χ2v) is 5.73. The summed E-state index contributed by atoms with van der Waals surface area (Å²) in [6.07, 6.45) is -5.36. The van der Waals surface area contributed by atoms with E-state index in [1.807, 2.05) is 0 Å². The molecule has 0 aromatic heterocycles. The number of rotatable bonds is 5. The molecule has 11 heteroatoms. The van der Waals surface area contributed by atoms with Crippen LogP contribution < -0.4 is 15.4 Å². The van der Waals surface area contributed by atoms with Gasteiger partial charge < -0.3 is 30.3 Å². The van der Waals surface area contributed by atoms with E-state index < -0.39 is 35.9 Å². The van der Waals surface area contributed by atoms with E-state index in [0.717, 1.165) is 6.07 Å². The molecule has 2 rings (SSSR count). The maximum absolute atomic E-state index is 13.5. The number of halogens is 3. The molecule has 1 aliphatic rings. The van der Waals surface area contributed by atoms with Crippen molar-refractivity contribution in [3.05, 3.63) is 23.8 Å². The molecule has 2 amide bonds. The van der Waals surface area contributed by atoms with Gasteiger partial charge in [-0.15, -0.1) is 0 Å². The quantitative estimate of drug-likeness (QED) is 0.565. The highest BCUT2D eigenvalue weighted by atomic mass is 19.4. The Morgan fingerprint density at radius 1 is 1.30 bits per heavy atom. The number of carbonyl (C=O) groups is 2. The fourth-order valence-electron chi connectivity index (χ4n) is 2.81. The summed E-state index contributed by atoms with van der Waals surface area (Å²) in [4.78, 5) is 24.1. The summed E-state index contributed by atoms with van der Waals surface area (Å²) in [6, 6.07) is 0.606. The molecule has 4 N–H and O–H groups in total. The van der Waals surface area contributed by atoms with Crippen LogP contribution in [0.1, 0.15) is 25.5 Å². The number of hydrogen-bond acceptors (Lipinski definition) is 6. The van der Waals surface area contributed by atoms with E-state index in [-0.39, 0.29) is 30.3 Å². The van der Waals surface area contributed by atoms with E-state index in [1.165, 1.54) is 24.4 Å². The first-order chi connectivity index (χ1) is 12.5. The fraction of sp³-hybridized carbons (Fsp3) is 0.500. The number of esters is 1. The van der Waals surface area contributed by atoms with E-state index in [2.05, 4.69) is 10.1 Å². The van der Waals surface area contributed by atoms with Gasteiger partial charge in [0.2, 0.25) is 0 Å². The molecule has 150 valence electrons. The second-order valence-electron chi connectivity index (χ2n) is 5.73. The average Bonchev–Trinajstić information content (AvgIpc) is 2.55. The van der Waals surface area contributed by atoms with Crippen LogP contribution in [-0.2, 0) is 9.53 Å². The van der Waals surface area contributed by atoms with Gasteiger partial charge in [-0.3, -0.25) is 4.79 Å². The normalized spacial score (nSPS) is 25.3. The van der Waals surface area contributed by atoms with Crippen molar-refractivity contribution in [2.75, 3.05) is 13.2 Å². The van der Waals surface area contributed by atoms with Crippen LogP contribution in [-0.4, -0.2) is 47.3 Å². The first-order valence-corrected chi connectivity index (χ1v) is 8.05. The summed E-state index contributed by atoms with van der Waals surface area (Å²) >= 11 is 0. The minimum Gasteiger partial charge on any atom is -0.504 e. The number of nitrogens with one attached hydrogen (secondary N) is 2. The lowest BCUT2D eigenvalue weighted by molar-refractivity contribution is -0.294. The molecule has 1 aliphatic heterocycles. The minimum absolute atomic E-state index is 0.00632. The molecule has 1 heterocycles. The SMILES string of the molecule is CCOC(=O)[C@H]1[C@@H](c2ccc(O)c(OCC)c2)NC(=O)N[C@@]1(O)C(F)(F)F. The summed E-state index contributed by atoms with van der Waals surface area (Å²) in [5, 5.41) is 23.5. The number of carbonyl (C=O) groups excluding carboxylic acids is 2. The molecule has 0 radical (unpaired) electrons. The van der Waals surface area contributed by atoms with Gasteiger partial charge in [-0.1, -0.05) is 6.07 Å². The number of benzene rings is 1. The molecular weight excluding hydrogens is 373 g/mol. The monoisotopic (exact) mass is 392 g/mol. The Bertz CT molecular complexity index is 727. The van der Waals surface area contributed by atoms with E-state index in [1.54, 1.807) is 6.92 Å². The predicted octanol–water partition coefficient (Wildman–Crippen LogP) is 1.57. The van der Waals surface area contributed by atoms with Gasteiger partial charge in [-0.25, -0.2) is 4.79 Å². The van der Waals surface area contributed by atoms with Gasteiger partial charge in [0, 0.05) is 0 Å². The van der Waals surface area contributed by atoms with Crippen molar-refractivity contribution >= 4 is 12.0 Å². The summed E-state index contributed by atoms with van der Waals surface area (Å²) in [6.45, 7) is 2.94. The molecular formula is C16H19F3N2O6.